The summed E-state index contributed by atoms with van der Waals surface area (Å²) in [6, 6.07) is 82.8. The Kier molecular flexibility index (Phi) is 9.20. The lowest BCUT2D eigenvalue weighted by Gasteiger charge is -2.50. The zero-order valence-electron chi connectivity index (χ0n) is 40.9. The summed E-state index contributed by atoms with van der Waals surface area (Å²) in [5.74, 6) is 1.77. The van der Waals surface area contributed by atoms with Crippen molar-refractivity contribution in [2.24, 2.45) is 0 Å². The molecule has 6 aliphatic heterocycles. The second kappa shape index (κ2) is 16.3. The highest BCUT2D eigenvalue weighted by Crippen LogP contribution is 2.54. The van der Waals surface area contributed by atoms with E-state index < -0.39 is 0 Å². The molecule has 16 rings (SSSR count). The van der Waals surface area contributed by atoms with Gasteiger partial charge in [-0.3, -0.25) is 0 Å². The van der Waals surface area contributed by atoms with Crippen molar-refractivity contribution in [3.63, 3.8) is 0 Å². The molecule has 0 aromatic heterocycles. The van der Waals surface area contributed by atoms with Crippen molar-refractivity contribution in [2.75, 3.05) is 37.6 Å². The first kappa shape index (κ1) is 41.7. The molecule has 350 valence electrons. The summed E-state index contributed by atoms with van der Waals surface area (Å²) in [6.45, 7) is 2.05. The molecule has 10 aromatic rings. The van der Waals surface area contributed by atoms with Gasteiger partial charge in [0, 0.05) is 87.4 Å². The molecule has 0 atom stereocenters. The van der Waals surface area contributed by atoms with Gasteiger partial charge in [-0.15, -0.1) is 0 Å². The number of hydrogen-bond donors (Lipinski definition) is 0. The fourth-order valence-electron chi connectivity index (χ4n) is 13.8. The molecule has 74 heavy (non-hydrogen) atoms. The minimum absolute atomic E-state index is 0.0240. The molecule has 0 amide bonds. The lowest BCUT2D eigenvalue weighted by atomic mass is 9.30. The zero-order chi connectivity index (χ0) is 48.4. The van der Waals surface area contributed by atoms with Crippen LogP contribution in [0, 0.1) is 0 Å². The highest BCUT2D eigenvalue weighted by molar-refractivity contribution is 7.02. The maximum absolute atomic E-state index is 7.21. The van der Waals surface area contributed by atoms with Gasteiger partial charge in [0.25, 0.3) is 13.4 Å². The standard InChI is InChI=1S/C66H49B2N5O/c1-6-22-44(23-7-1)70(45-24-8-2-9-25-45)49-40-59-62-61(41-49)74-60-37-19-17-35-53(60)68(62)54-42-55-58(43-57(54)71(59)46-26-10-3-11-27-46)73(48-30-14-5-15-31-48)66-51-33-21-39-69-38-20-32-50(64(51)69)65-63(66)67(55)52-34-16-18-36-56(52)72(65)47-28-12-4-13-29-47/h1-19,22-31,34-37,40-43H,20-21,32-33,38-39H2. The summed E-state index contributed by atoms with van der Waals surface area (Å²) >= 11 is 0. The van der Waals surface area contributed by atoms with Gasteiger partial charge in [0.1, 0.15) is 11.5 Å². The first-order valence-electron chi connectivity index (χ1n) is 26.4. The van der Waals surface area contributed by atoms with E-state index in [2.05, 4.69) is 249 Å². The molecule has 0 fully saturated rings. The minimum atomic E-state index is -0.106. The number of fused-ring (bicyclic) bond motifs is 10. The second-order valence-corrected chi connectivity index (χ2v) is 20.5. The molecular weight excluding hydrogens is 900 g/mol. The van der Waals surface area contributed by atoms with Crippen LogP contribution in [-0.4, -0.2) is 26.5 Å². The van der Waals surface area contributed by atoms with E-state index in [1.165, 1.54) is 89.4 Å². The van der Waals surface area contributed by atoms with Crippen LogP contribution >= 0.6 is 0 Å². The first-order chi connectivity index (χ1) is 36.8. The van der Waals surface area contributed by atoms with Crippen LogP contribution in [0.3, 0.4) is 0 Å². The summed E-state index contributed by atoms with van der Waals surface area (Å²) in [7, 11) is 0. The second-order valence-electron chi connectivity index (χ2n) is 20.5. The average Bonchev–Trinajstić information content (AvgIpc) is 3.53. The SMILES string of the molecule is c1ccc(N(c2ccccc2)c2cc3c4c(c2)N(c2ccccc2)c2cc5c(cc2B4c2ccccc2O3)B2c3ccccc3N(c3ccccc3)c3c4c6c(c(c32)N5c2ccccc2)CCCN6CCC4)cc1. The molecule has 0 spiro atoms. The smallest absolute Gasteiger partial charge is 0.256 e. The van der Waals surface area contributed by atoms with Crippen LogP contribution in [0.2, 0.25) is 0 Å². The lowest BCUT2D eigenvalue weighted by molar-refractivity contribution is 0.487. The minimum Gasteiger partial charge on any atom is -0.458 e. The third-order valence-electron chi connectivity index (χ3n) is 16.6. The topological polar surface area (TPSA) is 25.4 Å². The van der Waals surface area contributed by atoms with Gasteiger partial charge in [-0.25, -0.2) is 0 Å². The zero-order valence-corrected chi connectivity index (χ0v) is 40.9. The summed E-state index contributed by atoms with van der Waals surface area (Å²) in [6.07, 6.45) is 4.38. The van der Waals surface area contributed by atoms with Crippen molar-refractivity contribution in [1.29, 1.82) is 0 Å². The molecular formula is C66H49B2N5O. The van der Waals surface area contributed by atoms with E-state index in [0.717, 1.165) is 78.7 Å². The third kappa shape index (κ3) is 6.02. The number of benzene rings is 10. The maximum Gasteiger partial charge on any atom is 0.256 e. The van der Waals surface area contributed by atoms with Crippen molar-refractivity contribution in [1.82, 2.24) is 0 Å². The van der Waals surface area contributed by atoms with Crippen molar-refractivity contribution in [2.45, 2.75) is 25.7 Å². The van der Waals surface area contributed by atoms with Crippen LogP contribution in [0.4, 0.5) is 73.9 Å². The highest BCUT2D eigenvalue weighted by atomic mass is 16.5. The predicted molar refractivity (Wildman–Crippen MR) is 310 cm³/mol. The molecule has 0 radical (unpaired) electrons. The quantitative estimate of drug-likeness (QED) is 0.154. The van der Waals surface area contributed by atoms with Crippen LogP contribution in [-0.2, 0) is 12.8 Å². The van der Waals surface area contributed by atoms with Gasteiger partial charge >= 0.3 is 0 Å². The maximum atomic E-state index is 7.21. The van der Waals surface area contributed by atoms with Gasteiger partial charge < -0.3 is 29.2 Å². The Balaban J connectivity index is 1.03. The predicted octanol–water partition coefficient (Wildman–Crippen LogP) is 12.3. The molecule has 8 heteroatoms. The van der Waals surface area contributed by atoms with E-state index in [9.17, 15) is 0 Å². The van der Waals surface area contributed by atoms with Crippen LogP contribution in [0.1, 0.15) is 24.0 Å². The van der Waals surface area contributed by atoms with E-state index in [4.69, 9.17) is 4.74 Å². The average molecular weight is 950 g/mol. The van der Waals surface area contributed by atoms with E-state index in [1.807, 2.05) is 0 Å². The van der Waals surface area contributed by atoms with Crippen molar-refractivity contribution in [3.8, 4) is 11.5 Å². The normalized spacial score (nSPS) is 14.9. The van der Waals surface area contributed by atoms with E-state index in [-0.39, 0.29) is 13.4 Å². The number of nitrogens with zero attached hydrogens (tertiary/aromatic N) is 5. The molecule has 6 aliphatic rings. The third-order valence-corrected chi connectivity index (χ3v) is 16.6. The van der Waals surface area contributed by atoms with Crippen molar-refractivity contribution >= 4 is 120 Å². The number of para-hydroxylation sites is 7. The van der Waals surface area contributed by atoms with E-state index >= 15 is 0 Å². The molecule has 0 saturated carbocycles. The molecule has 0 bridgehead atoms. The number of ether oxygens (including phenoxy) is 1. The summed E-state index contributed by atoms with van der Waals surface area (Å²) in [5, 5.41) is 0. The summed E-state index contributed by atoms with van der Waals surface area (Å²) < 4.78 is 7.21. The Hall–Kier alpha value is -8.87. The van der Waals surface area contributed by atoms with Crippen LogP contribution in [0.25, 0.3) is 0 Å². The van der Waals surface area contributed by atoms with Gasteiger partial charge in [-0.1, -0.05) is 133 Å². The molecule has 6 heterocycles. The Morgan fingerprint density at radius 2 is 0.838 bits per heavy atom. The molecule has 0 N–H and O–H groups in total. The molecule has 0 unspecified atom stereocenters. The molecule has 6 nitrogen and oxygen atoms in total. The number of hydrogen-bond acceptors (Lipinski definition) is 6. The lowest BCUT2D eigenvalue weighted by Crippen LogP contribution is -2.65. The Labute approximate surface area is 433 Å². The Bertz CT molecular complexity index is 3840. The van der Waals surface area contributed by atoms with Gasteiger partial charge in [-0.05, 0) is 155 Å². The van der Waals surface area contributed by atoms with Crippen LogP contribution in [0.5, 0.6) is 11.5 Å². The highest BCUT2D eigenvalue weighted by Gasteiger charge is 2.50. The van der Waals surface area contributed by atoms with Crippen LogP contribution in [0.15, 0.2) is 224 Å². The van der Waals surface area contributed by atoms with Crippen molar-refractivity contribution in [3.05, 3.63) is 236 Å². The Morgan fingerprint density at radius 1 is 0.351 bits per heavy atom. The van der Waals surface area contributed by atoms with Crippen molar-refractivity contribution < 1.29 is 4.74 Å². The fraction of sp³-hybridized carbons (Fsp3) is 0.0909. The van der Waals surface area contributed by atoms with Gasteiger partial charge in [-0.2, -0.15) is 0 Å². The molecule has 0 aliphatic carbocycles. The van der Waals surface area contributed by atoms with Gasteiger partial charge in [0.05, 0.1) is 5.69 Å². The van der Waals surface area contributed by atoms with Crippen LogP contribution < -0.4 is 62.0 Å². The van der Waals surface area contributed by atoms with E-state index in [1.54, 1.807) is 0 Å². The monoisotopic (exact) mass is 949 g/mol. The Morgan fingerprint density at radius 3 is 1.45 bits per heavy atom. The summed E-state index contributed by atoms with van der Waals surface area (Å²) in [5.41, 5.74) is 26.3. The largest absolute Gasteiger partial charge is 0.458 e. The fourth-order valence-corrected chi connectivity index (χ4v) is 13.8. The summed E-state index contributed by atoms with van der Waals surface area (Å²) in [4.78, 5) is 12.9. The molecule has 0 saturated heterocycles. The first-order valence-corrected chi connectivity index (χ1v) is 26.4. The van der Waals surface area contributed by atoms with Gasteiger partial charge in [0.2, 0.25) is 0 Å². The number of rotatable bonds is 6. The molecule has 10 aromatic carbocycles. The van der Waals surface area contributed by atoms with Gasteiger partial charge in [0.15, 0.2) is 0 Å². The van der Waals surface area contributed by atoms with E-state index in [0.29, 0.717) is 0 Å². The number of anilines is 13.